The summed E-state index contributed by atoms with van der Waals surface area (Å²) in [6.07, 6.45) is 8.93. The van der Waals surface area contributed by atoms with Gasteiger partial charge in [-0.05, 0) is 79.3 Å². The van der Waals surface area contributed by atoms with Gasteiger partial charge < -0.3 is 4.90 Å². The van der Waals surface area contributed by atoms with E-state index < -0.39 is 0 Å². The highest BCUT2D eigenvalue weighted by Gasteiger charge is 2.48. The van der Waals surface area contributed by atoms with E-state index in [-0.39, 0.29) is 10.8 Å². The van der Waals surface area contributed by atoms with Gasteiger partial charge in [-0.1, -0.05) is 109 Å². The molecule has 2 aliphatic heterocycles. The van der Waals surface area contributed by atoms with Crippen molar-refractivity contribution < 1.29 is 4.58 Å². The minimum Gasteiger partial charge on any atom is -0.347 e. The summed E-state index contributed by atoms with van der Waals surface area (Å²) in [5.41, 5.74) is 11.8. The average Bonchev–Trinajstić information content (AvgIpc) is 3.37. The molecule has 0 radical (unpaired) electrons. The number of hydrogen-bond donors (Lipinski definition) is 0. The number of hydrogen-bond acceptors (Lipinski definition) is 1. The van der Waals surface area contributed by atoms with Crippen LogP contribution in [0.25, 0.3) is 10.8 Å². The summed E-state index contributed by atoms with van der Waals surface area (Å²) in [4.78, 5) is 2.40. The number of allylic oxidation sites excluding steroid dienone is 4. The van der Waals surface area contributed by atoms with Gasteiger partial charge in [-0.15, -0.1) is 0 Å². The van der Waals surface area contributed by atoms with Crippen molar-refractivity contribution in [3.05, 3.63) is 167 Å². The molecule has 0 aromatic heterocycles. The maximum Gasteiger partial charge on any atom is 0.210 e. The quantitative estimate of drug-likeness (QED) is 0.183. The van der Waals surface area contributed by atoms with Gasteiger partial charge in [-0.3, -0.25) is 0 Å². The van der Waals surface area contributed by atoms with Gasteiger partial charge in [-0.25, -0.2) is 0 Å². The molecule has 44 heavy (non-hydrogen) atoms. The summed E-state index contributed by atoms with van der Waals surface area (Å²) in [7, 11) is 4.46. The van der Waals surface area contributed by atoms with E-state index in [4.69, 9.17) is 0 Å². The topological polar surface area (TPSA) is 6.25 Å². The van der Waals surface area contributed by atoms with Gasteiger partial charge in [0.25, 0.3) is 0 Å². The first-order chi connectivity index (χ1) is 21.3. The summed E-state index contributed by atoms with van der Waals surface area (Å²) >= 11 is 0. The molecule has 0 amide bonds. The van der Waals surface area contributed by atoms with Crippen LogP contribution in [0, 0.1) is 6.92 Å². The predicted octanol–water partition coefficient (Wildman–Crippen LogP) is 9.47. The molecule has 2 nitrogen and oxygen atoms in total. The number of benzene rings is 5. The number of rotatable bonds is 6. The molecule has 0 aliphatic carbocycles. The molecule has 0 N–H and O–H groups in total. The van der Waals surface area contributed by atoms with Crippen LogP contribution in [0.5, 0.6) is 0 Å². The summed E-state index contributed by atoms with van der Waals surface area (Å²) in [6, 6.07) is 42.2. The molecule has 5 aromatic carbocycles. The summed E-state index contributed by atoms with van der Waals surface area (Å²) < 4.78 is 2.42. The zero-order valence-electron chi connectivity index (χ0n) is 26.5. The van der Waals surface area contributed by atoms with Crippen LogP contribution in [-0.2, 0) is 23.7 Å². The molecule has 0 saturated heterocycles. The number of fused-ring (bicyclic) bond motifs is 4. The van der Waals surface area contributed by atoms with E-state index in [9.17, 15) is 0 Å². The van der Waals surface area contributed by atoms with Gasteiger partial charge in [0.15, 0.2) is 5.71 Å². The third kappa shape index (κ3) is 4.52. The van der Waals surface area contributed by atoms with Crippen LogP contribution in [-0.4, -0.2) is 24.4 Å². The normalized spacial score (nSPS) is 21.9. The third-order valence-electron chi connectivity index (χ3n) is 10.1. The Morgan fingerprint density at radius 2 is 1.36 bits per heavy atom. The average molecular weight is 574 g/mol. The van der Waals surface area contributed by atoms with Gasteiger partial charge in [0.05, 0.1) is 5.41 Å². The van der Waals surface area contributed by atoms with Gasteiger partial charge in [0.1, 0.15) is 7.05 Å². The van der Waals surface area contributed by atoms with Gasteiger partial charge in [0.2, 0.25) is 5.69 Å². The zero-order valence-corrected chi connectivity index (χ0v) is 26.5. The van der Waals surface area contributed by atoms with Gasteiger partial charge in [-0.2, -0.15) is 4.58 Å². The smallest absolute Gasteiger partial charge is 0.210 e. The fourth-order valence-electron chi connectivity index (χ4n) is 7.96. The molecule has 2 unspecified atom stereocenters. The van der Waals surface area contributed by atoms with Crippen LogP contribution in [0.15, 0.2) is 139 Å². The van der Waals surface area contributed by atoms with E-state index in [0.29, 0.717) is 0 Å². The Hall–Kier alpha value is -4.69. The monoisotopic (exact) mass is 573 g/mol. The van der Waals surface area contributed by atoms with Crippen LogP contribution in [0.1, 0.15) is 41.7 Å². The maximum absolute atomic E-state index is 2.43. The van der Waals surface area contributed by atoms with Crippen LogP contribution in [0.2, 0.25) is 0 Å². The summed E-state index contributed by atoms with van der Waals surface area (Å²) in [6.45, 7) is 7.05. The van der Waals surface area contributed by atoms with E-state index in [1.165, 1.54) is 61.4 Å². The highest BCUT2D eigenvalue weighted by atomic mass is 15.2. The highest BCUT2D eigenvalue weighted by Crippen LogP contribution is 2.50. The second-order valence-corrected chi connectivity index (χ2v) is 13.1. The van der Waals surface area contributed by atoms with Gasteiger partial charge >= 0.3 is 0 Å². The number of aryl methyl sites for hydroxylation is 1. The molecule has 2 atom stereocenters. The van der Waals surface area contributed by atoms with E-state index in [2.05, 4.69) is 178 Å². The van der Waals surface area contributed by atoms with Crippen molar-refractivity contribution in [1.29, 1.82) is 0 Å². The molecule has 0 bridgehead atoms. The maximum atomic E-state index is 2.43. The minimum absolute atomic E-state index is 0.138. The predicted molar refractivity (Wildman–Crippen MR) is 187 cm³/mol. The summed E-state index contributed by atoms with van der Waals surface area (Å²) in [5, 5.41) is 2.64. The number of nitrogens with zero attached hydrogens (tertiary/aromatic N) is 2. The van der Waals surface area contributed by atoms with Crippen molar-refractivity contribution in [2.24, 2.45) is 0 Å². The second-order valence-electron chi connectivity index (χ2n) is 13.1. The van der Waals surface area contributed by atoms with Crippen LogP contribution < -0.4 is 4.90 Å². The van der Waals surface area contributed by atoms with E-state index >= 15 is 0 Å². The lowest BCUT2D eigenvalue weighted by Crippen LogP contribution is -2.33. The van der Waals surface area contributed by atoms with Crippen molar-refractivity contribution in [2.75, 3.05) is 19.0 Å². The molecule has 2 heteroatoms. The SMILES string of the molecule is Cc1ccc2c(c1)C(C)(Cc1ccccc1)C(=CC=CC1=[N+](C)c3ccc4ccccc4c3C1(C)Cc1ccccc1)N2C. The Morgan fingerprint density at radius 1 is 0.727 bits per heavy atom. The Morgan fingerprint density at radius 3 is 2.07 bits per heavy atom. The first kappa shape index (κ1) is 28.1. The van der Waals surface area contributed by atoms with Crippen LogP contribution in [0.3, 0.4) is 0 Å². The fourth-order valence-corrected chi connectivity index (χ4v) is 7.96. The Kier molecular flexibility index (Phi) is 6.89. The lowest BCUT2D eigenvalue weighted by molar-refractivity contribution is -0.401. The molecule has 7 rings (SSSR count). The highest BCUT2D eigenvalue weighted by molar-refractivity contribution is 6.08. The number of anilines is 1. The van der Waals surface area contributed by atoms with E-state index in [1.807, 2.05) is 0 Å². The summed E-state index contributed by atoms with van der Waals surface area (Å²) in [5.74, 6) is 0. The molecule has 0 fully saturated rings. The van der Waals surface area contributed by atoms with Crippen molar-refractivity contribution in [3.8, 4) is 0 Å². The Bertz CT molecular complexity index is 1960. The molecule has 2 heterocycles. The molecular formula is C42H41N2+. The lowest BCUT2D eigenvalue weighted by Gasteiger charge is -2.29. The Balaban J connectivity index is 1.34. The lowest BCUT2D eigenvalue weighted by atomic mass is 9.73. The first-order valence-electron chi connectivity index (χ1n) is 15.7. The molecule has 5 aromatic rings. The second kappa shape index (κ2) is 10.8. The first-order valence-corrected chi connectivity index (χ1v) is 15.7. The van der Waals surface area contributed by atoms with Crippen molar-refractivity contribution >= 4 is 27.9 Å². The standard InChI is InChI=1S/C42H41N2/c1-30-23-25-36-35(27-30)41(2,28-31-15-8-6-9-16-31)38(43(36)4)21-14-22-39-42(3,29-32-17-10-7-11-18-32)40-34-20-13-12-19-33(34)24-26-37(40)44(39)5/h6-27H,28-29H2,1-5H3/q+1. The molecular weight excluding hydrogens is 532 g/mol. The minimum atomic E-state index is -0.184. The molecule has 0 saturated carbocycles. The van der Waals surface area contributed by atoms with Crippen molar-refractivity contribution in [1.82, 2.24) is 0 Å². The number of likely N-dealkylation sites (N-methyl/N-ethyl adjacent to an activating group) is 1. The molecule has 0 spiro atoms. The van der Waals surface area contributed by atoms with Crippen molar-refractivity contribution in [3.63, 3.8) is 0 Å². The van der Waals surface area contributed by atoms with Crippen LogP contribution >= 0.6 is 0 Å². The fraction of sp³-hybridized carbons (Fsp3) is 0.214. The van der Waals surface area contributed by atoms with Crippen LogP contribution in [0.4, 0.5) is 11.4 Å². The molecule has 218 valence electrons. The largest absolute Gasteiger partial charge is 0.347 e. The molecule has 2 aliphatic rings. The zero-order chi connectivity index (χ0) is 30.5. The van der Waals surface area contributed by atoms with E-state index in [0.717, 1.165) is 12.8 Å². The third-order valence-corrected chi connectivity index (χ3v) is 10.1. The van der Waals surface area contributed by atoms with Crippen molar-refractivity contribution in [2.45, 2.75) is 44.4 Å². The van der Waals surface area contributed by atoms with Gasteiger partial charge in [0, 0.05) is 41.6 Å². The van der Waals surface area contributed by atoms with E-state index in [1.54, 1.807) is 0 Å². The Labute approximate surface area is 262 Å².